The number of oxime groups is 2. The molecule has 0 fully saturated rings. The van der Waals surface area contributed by atoms with Crippen LogP contribution in [0.2, 0.25) is 0 Å². The fraction of sp³-hybridized carbons (Fsp3) is 0.600. The lowest BCUT2D eigenvalue weighted by atomic mass is 9.92. The molecule has 5 nitrogen and oxygen atoms in total. The molecule has 0 saturated carbocycles. The average Bonchev–Trinajstić information content (AvgIpc) is 3.01. The quantitative estimate of drug-likeness (QED) is 0.682. The Balaban J connectivity index is 1.76. The molecule has 0 aromatic heterocycles. The summed E-state index contributed by atoms with van der Waals surface area (Å²) in [5, 5.41) is 8.01. The number of hydrogen-bond donors (Lipinski definition) is 0. The smallest absolute Gasteiger partial charge is 0.129 e. The minimum absolute atomic E-state index is 0.148. The first-order valence-electron chi connectivity index (χ1n) is 5.14. The lowest BCUT2D eigenvalue weighted by Crippen LogP contribution is -2.31. The maximum Gasteiger partial charge on any atom is 0.129 e. The lowest BCUT2D eigenvalue weighted by Gasteiger charge is -2.17. The molecule has 0 radical (unpaired) electrons. The molecule has 0 saturated heterocycles. The predicted octanol–water partition coefficient (Wildman–Crippen LogP) is 1.07. The maximum absolute atomic E-state index is 5.49. The third-order valence-electron chi connectivity index (χ3n) is 2.84. The van der Waals surface area contributed by atoms with Gasteiger partial charge in [-0.25, -0.2) is 0 Å². The zero-order chi connectivity index (χ0) is 10.1. The third kappa shape index (κ3) is 1.48. The van der Waals surface area contributed by atoms with Gasteiger partial charge < -0.3 is 14.4 Å². The highest BCUT2D eigenvalue weighted by molar-refractivity contribution is 6.43. The summed E-state index contributed by atoms with van der Waals surface area (Å²) in [6.07, 6.45) is 5.65. The van der Waals surface area contributed by atoms with Crippen LogP contribution in [0.25, 0.3) is 0 Å². The molecule has 0 spiro atoms. The maximum atomic E-state index is 5.49. The topological polar surface area (TPSA) is 52.4 Å². The van der Waals surface area contributed by atoms with Crippen molar-refractivity contribution in [2.75, 3.05) is 13.2 Å². The van der Waals surface area contributed by atoms with Gasteiger partial charge in [-0.3, -0.25) is 0 Å². The van der Waals surface area contributed by atoms with Crippen molar-refractivity contribution in [3.8, 4) is 0 Å². The van der Waals surface area contributed by atoms with Gasteiger partial charge in [-0.1, -0.05) is 10.3 Å². The van der Waals surface area contributed by atoms with E-state index in [-0.39, 0.29) is 12.0 Å². The van der Waals surface area contributed by atoms with Crippen molar-refractivity contribution in [3.63, 3.8) is 0 Å². The van der Waals surface area contributed by atoms with Crippen LogP contribution in [0.4, 0.5) is 0 Å². The molecule has 0 amide bonds. The Kier molecular flexibility index (Phi) is 2.08. The van der Waals surface area contributed by atoms with E-state index in [1.807, 2.05) is 6.08 Å². The summed E-state index contributed by atoms with van der Waals surface area (Å²) in [5.41, 5.74) is 1.81. The van der Waals surface area contributed by atoms with E-state index in [1.165, 1.54) is 0 Å². The van der Waals surface area contributed by atoms with Crippen LogP contribution in [0.15, 0.2) is 22.6 Å². The molecule has 0 aromatic rings. The molecule has 2 atom stereocenters. The van der Waals surface area contributed by atoms with E-state index < -0.39 is 0 Å². The summed E-state index contributed by atoms with van der Waals surface area (Å²) < 4.78 is 5.49. The molecule has 3 rings (SSSR count). The van der Waals surface area contributed by atoms with Crippen molar-refractivity contribution < 1.29 is 14.4 Å². The Morgan fingerprint density at radius 2 is 2.27 bits per heavy atom. The second-order valence-electron chi connectivity index (χ2n) is 3.78. The van der Waals surface area contributed by atoms with Crippen molar-refractivity contribution in [1.82, 2.24) is 0 Å². The summed E-state index contributed by atoms with van der Waals surface area (Å²) in [4.78, 5) is 10.1. The van der Waals surface area contributed by atoms with E-state index in [2.05, 4.69) is 10.3 Å². The van der Waals surface area contributed by atoms with Crippen molar-refractivity contribution in [1.29, 1.82) is 0 Å². The van der Waals surface area contributed by atoms with Gasteiger partial charge >= 0.3 is 0 Å². The molecule has 80 valence electrons. The highest BCUT2D eigenvalue weighted by Crippen LogP contribution is 2.25. The van der Waals surface area contributed by atoms with Crippen LogP contribution in [-0.4, -0.2) is 30.7 Å². The molecular formula is C10H12N2O3. The average molecular weight is 208 g/mol. The van der Waals surface area contributed by atoms with Gasteiger partial charge in [0.15, 0.2) is 0 Å². The molecule has 3 aliphatic rings. The van der Waals surface area contributed by atoms with Gasteiger partial charge in [-0.15, -0.1) is 0 Å². The SMILES string of the molecule is C1=COC(C2CON=C2C2=NOCC2)C1. The summed E-state index contributed by atoms with van der Waals surface area (Å²) in [5.74, 6) is 0.195. The van der Waals surface area contributed by atoms with Gasteiger partial charge in [0.25, 0.3) is 0 Å². The second kappa shape index (κ2) is 3.56. The molecule has 5 heteroatoms. The molecule has 0 aliphatic carbocycles. The van der Waals surface area contributed by atoms with Crippen LogP contribution in [0, 0.1) is 5.92 Å². The Labute approximate surface area is 87.4 Å². The summed E-state index contributed by atoms with van der Waals surface area (Å²) >= 11 is 0. The van der Waals surface area contributed by atoms with Gasteiger partial charge in [0.05, 0.1) is 12.2 Å². The first kappa shape index (κ1) is 8.76. The van der Waals surface area contributed by atoms with Crippen molar-refractivity contribution >= 4 is 11.4 Å². The van der Waals surface area contributed by atoms with Crippen molar-refractivity contribution in [2.45, 2.75) is 18.9 Å². The van der Waals surface area contributed by atoms with E-state index in [0.717, 1.165) is 24.3 Å². The molecule has 0 N–H and O–H groups in total. The van der Waals surface area contributed by atoms with Gasteiger partial charge in [0.2, 0.25) is 0 Å². The van der Waals surface area contributed by atoms with Crippen LogP contribution >= 0.6 is 0 Å². The largest absolute Gasteiger partial charge is 0.497 e. The number of nitrogens with zero attached hydrogens (tertiary/aromatic N) is 2. The zero-order valence-corrected chi connectivity index (χ0v) is 8.26. The summed E-state index contributed by atoms with van der Waals surface area (Å²) in [6.45, 7) is 1.23. The van der Waals surface area contributed by atoms with Gasteiger partial charge in [0.1, 0.15) is 30.7 Å². The van der Waals surface area contributed by atoms with Gasteiger partial charge in [-0.2, -0.15) is 0 Å². The van der Waals surface area contributed by atoms with Crippen LogP contribution in [0.5, 0.6) is 0 Å². The minimum atomic E-state index is 0.148. The van der Waals surface area contributed by atoms with E-state index in [4.69, 9.17) is 14.4 Å². The van der Waals surface area contributed by atoms with Gasteiger partial charge in [-0.05, 0) is 6.08 Å². The Bertz CT molecular complexity index is 341. The van der Waals surface area contributed by atoms with E-state index in [1.54, 1.807) is 6.26 Å². The first-order chi connectivity index (χ1) is 7.45. The molecule has 0 aromatic carbocycles. The van der Waals surface area contributed by atoms with Crippen LogP contribution in [0.1, 0.15) is 12.8 Å². The first-order valence-corrected chi connectivity index (χ1v) is 5.14. The molecule has 3 heterocycles. The number of hydrogen-bond acceptors (Lipinski definition) is 5. The molecule has 3 aliphatic heterocycles. The minimum Gasteiger partial charge on any atom is -0.497 e. The molecule has 15 heavy (non-hydrogen) atoms. The zero-order valence-electron chi connectivity index (χ0n) is 8.26. The normalized spacial score (nSPS) is 33.1. The number of ether oxygens (including phenoxy) is 1. The Morgan fingerprint density at radius 3 is 3.00 bits per heavy atom. The monoisotopic (exact) mass is 208 g/mol. The highest BCUT2D eigenvalue weighted by atomic mass is 16.6. The third-order valence-corrected chi connectivity index (χ3v) is 2.84. The predicted molar refractivity (Wildman–Crippen MR) is 53.5 cm³/mol. The summed E-state index contributed by atoms with van der Waals surface area (Å²) in [7, 11) is 0. The second-order valence-corrected chi connectivity index (χ2v) is 3.78. The molecule has 2 unspecified atom stereocenters. The summed E-state index contributed by atoms with van der Waals surface area (Å²) in [6, 6.07) is 0. The van der Waals surface area contributed by atoms with Crippen LogP contribution in [0.3, 0.4) is 0 Å². The van der Waals surface area contributed by atoms with Crippen LogP contribution in [-0.2, 0) is 14.4 Å². The lowest BCUT2D eigenvalue weighted by molar-refractivity contribution is 0.0851. The van der Waals surface area contributed by atoms with E-state index in [9.17, 15) is 0 Å². The standard InChI is InChI=1S/C10H12N2O3/c1-2-9(13-4-1)7-6-15-12-10(7)8-3-5-14-11-8/h1,4,7,9H,2-3,5-6H2. The van der Waals surface area contributed by atoms with Gasteiger partial charge in [0, 0.05) is 12.8 Å². The fourth-order valence-corrected chi connectivity index (χ4v) is 2.03. The fourth-order valence-electron chi connectivity index (χ4n) is 2.03. The van der Waals surface area contributed by atoms with Crippen molar-refractivity contribution in [2.24, 2.45) is 16.2 Å². The van der Waals surface area contributed by atoms with E-state index in [0.29, 0.717) is 13.2 Å². The Morgan fingerprint density at radius 1 is 1.27 bits per heavy atom. The Hall–Kier alpha value is -1.52. The molecular weight excluding hydrogens is 196 g/mol. The van der Waals surface area contributed by atoms with Crippen LogP contribution < -0.4 is 0 Å². The molecule has 0 bridgehead atoms. The van der Waals surface area contributed by atoms with Crippen molar-refractivity contribution in [3.05, 3.63) is 12.3 Å². The number of rotatable bonds is 2. The van der Waals surface area contributed by atoms with E-state index >= 15 is 0 Å². The highest BCUT2D eigenvalue weighted by Gasteiger charge is 2.37.